The highest BCUT2D eigenvalue weighted by atomic mass is 16.6. The van der Waals surface area contributed by atoms with Gasteiger partial charge in [0.15, 0.2) is 0 Å². The molecule has 2 aromatic carbocycles. The van der Waals surface area contributed by atoms with Crippen molar-refractivity contribution >= 4 is 29.5 Å². The van der Waals surface area contributed by atoms with Gasteiger partial charge in [0.2, 0.25) is 0 Å². The SMILES string of the molecule is Cn1ncc2ccc(OBOc3ccc4cnn(C)c4c3)cc21. The zero-order valence-electron chi connectivity index (χ0n) is 12.9. The molecule has 23 heavy (non-hydrogen) atoms. The number of hydrogen-bond donors (Lipinski definition) is 0. The van der Waals surface area contributed by atoms with Crippen LogP contribution in [0.3, 0.4) is 0 Å². The van der Waals surface area contributed by atoms with E-state index in [0.717, 1.165) is 33.3 Å². The van der Waals surface area contributed by atoms with Gasteiger partial charge >= 0.3 is 7.69 Å². The molecule has 0 aliphatic heterocycles. The Hall–Kier alpha value is -2.96. The van der Waals surface area contributed by atoms with E-state index in [9.17, 15) is 0 Å². The molecule has 0 radical (unpaired) electrons. The molecule has 4 aromatic rings. The highest BCUT2D eigenvalue weighted by Gasteiger charge is 2.05. The Morgan fingerprint density at radius 2 is 1.26 bits per heavy atom. The van der Waals surface area contributed by atoms with Gasteiger partial charge in [0.1, 0.15) is 11.5 Å². The molecule has 0 saturated heterocycles. The van der Waals surface area contributed by atoms with Gasteiger partial charge in [-0.1, -0.05) is 0 Å². The largest absolute Gasteiger partial charge is 0.576 e. The van der Waals surface area contributed by atoms with Crippen molar-refractivity contribution in [3.05, 3.63) is 48.8 Å². The van der Waals surface area contributed by atoms with E-state index in [4.69, 9.17) is 9.31 Å². The van der Waals surface area contributed by atoms with Crippen molar-refractivity contribution in [2.24, 2.45) is 14.1 Å². The lowest BCUT2D eigenvalue weighted by Crippen LogP contribution is -2.11. The second-order valence-electron chi connectivity index (χ2n) is 5.38. The molecule has 0 atom stereocenters. The zero-order valence-corrected chi connectivity index (χ0v) is 12.9. The van der Waals surface area contributed by atoms with Crippen molar-refractivity contribution in [2.45, 2.75) is 0 Å². The van der Waals surface area contributed by atoms with E-state index in [0.29, 0.717) is 0 Å². The number of fused-ring (bicyclic) bond motifs is 2. The Balaban J connectivity index is 1.47. The normalized spacial score (nSPS) is 11.0. The van der Waals surface area contributed by atoms with Gasteiger partial charge in [-0.2, -0.15) is 10.2 Å². The highest BCUT2D eigenvalue weighted by molar-refractivity contribution is 6.20. The predicted molar refractivity (Wildman–Crippen MR) is 89.8 cm³/mol. The van der Waals surface area contributed by atoms with Crippen LogP contribution in [0.1, 0.15) is 0 Å². The minimum atomic E-state index is 0.146. The number of aromatic nitrogens is 4. The summed E-state index contributed by atoms with van der Waals surface area (Å²) >= 11 is 0. The summed E-state index contributed by atoms with van der Waals surface area (Å²) in [6, 6.07) is 11.7. The zero-order chi connectivity index (χ0) is 15.8. The Morgan fingerprint density at radius 3 is 1.74 bits per heavy atom. The monoisotopic (exact) mass is 306 g/mol. The summed E-state index contributed by atoms with van der Waals surface area (Å²) in [7, 11) is 3.96. The number of benzene rings is 2. The van der Waals surface area contributed by atoms with Crippen LogP contribution < -0.4 is 9.31 Å². The van der Waals surface area contributed by atoms with Gasteiger partial charge in [-0.05, 0) is 24.3 Å². The highest BCUT2D eigenvalue weighted by Crippen LogP contribution is 2.22. The third-order valence-corrected chi connectivity index (χ3v) is 3.89. The van der Waals surface area contributed by atoms with Crippen LogP contribution in [0.2, 0.25) is 0 Å². The topological polar surface area (TPSA) is 54.1 Å². The lowest BCUT2D eigenvalue weighted by atomic mass is 10.2. The maximum absolute atomic E-state index is 5.68. The van der Waals surface area contributed by atoms with Gasteiger partial charge in [-0.15, -0.1) is 0 Å². The van der Waals surface area contributed by atoms with Crippen molar-refractivity contribution in [3.63, 3.8) is 0 Å². The molecule has 7 heteroatoms. The van der Waals surface area contributed by atoms with Gasteiger partial charge in [-0.25, -0.2) is 0 Å². The third kappa shape index (κ3) is 2.50. The van der Waals surface area contributed by atoms with Gasteiger partial charge in [0.25, 0.3) is 0 Å². The fraction of sp³-hybridized carbons (Fsp3) is 0.125. The Morgan fingerprint density at radius 1 is 0.783 bits per heavy atom. The van der Waals surface area contributed by atoms with Crippen LogP contribution in [-0.2, 0) is 14.1 Å². The van der Waals surface area contributed by atoms with E-state index >= 15 is 0 Å². The molecule has 0 fully saturated rings. The number of nitrogens with zero attached hydrogens (tertiary/aromatic N) is 4. The summed E-state index contributed by atoms with van der Waals surface area (Å²) in [6.45, 7) is 0. The van der Waals surface area contributed by atoms with Gasteiger partial charge in [-0.3, -0.25) is 9.36 Å². The molecular formula is C16H15BN4O2. The van der Waals surface area contributed by atoms with E-state index in [1.807, 2.05) is 72.3 Å². The smallest absolute Gasteiger partial charge is 0.528 e. The first-order valence-electron chi connectivity index (χ1n) is 7.30. The predicted octanol–water partition coefficient (Wildman–Crippen LogP) is 2.18. The van der Waals surface area contributed by atoms with Crippen molar-refractivity contribution in [2.75, 3.05) is 0 Å². The second kappa shape index (κ2) is 5.35. The maximum Gasteiger partial charge on any atom is 0.576 e. The van der Waals surface area contributed by atoms with Crippen molar-refractivity contribution in [1.82, 2.24) is 19.6 Å². The third-order valence-electron chi connectivity index (χ3n) is 3.89. The molecule has 0 saturated carbocycles. The molecule has 0 aliphatic carbocycles. The Kier molecular flexibility index (Phi) is 3.18. The lowest BCUT2D eigenvalue weighted by molar-refractivity contribution is 0.459. The van der Waals surface area contributed by atoms with E-state index < -0.39 is 0 Å². The fourth-order valence-electron chi connectivity index (χ4n) is 2.59. The molecule has 0 unspecified atom stereocenters. The summed E-state index contributed by atoms with van der Waals surface area (Å²) in [5.41, 5.74) is 2.05. The van der Waals surface area contributed by atoms with Gasteiger partial charge in [0.05, 0.1) is 23.4 Å². The minimum Gasteiger partial charge on any atom is -0.528 e. The number of hydrogen-bond acceptors (Lipinski definition) is 4. The van der Waals surface area contributed by atoms with E-state index in [1.165, 1.54) is 0 Å². The van der Waals surface area contributed by atoms with Crippen LogP contribution in [0.25, 0.3) is 21.8 Å². The van der Waals surface area contributed by atoms with E-state index in [2.05, 4.69) is 10.2 Å². The molecule has 6 nitrogen and oxygen atoms in total. The quantitative estimate of drug-likeness (QED) is 0.542. The van der Waals surface area contributed by atoms with Crippen LogP contribution in [-0.4, -0.2) is 27.2 Å². The first kappa shape index (κ1) is 13.7. The molecule has 114 valence electrons. The number of aryl methyl sites for hydroxylation is 2. The van der Waals surface area contributed by atoms with Gasteiger partial charge < -0.3 is 9.31 Å². The second-order valence-corrected chi connectivity index (χ2v) is 5.38. The number of rotatable bonds is 4. The average Bonchev–Trinajstić information content (AvgIpc) is 3.11. The van der Waals surface area contributed by atoms with Crippen molar-refractivity contribution in [3.8, 4) is 11.5 Å². The van der Waals surface area contributed by atoms with Crippen molar-refractivity contribution < 1.29 is 9.31 Å². The van der Waals surface area contributed by atoms with Gasteiger partial charge in [0, 0.05) is 37.0 Å². The van der Waals surface area contributed by atoms with Crippen LogP contribution in [0.15, 0.2) is 48.8 Å². The standard InChI is InChI=1S/C16H15BN4O2/c1-20-15-7-13(5-3-11(15)9-18-20)22-17-23-14-6-4-12-10-19-21(2)16(12)8-14/h3-10,17H,1-2H3. The summed E-state index contributed by atoms with van der Waals surface area (Å²) in [5, 5.41) is 10.6. The molecule has 2 heterocycles. The molecule has 0 spiro atoms. The van der Waals surface area contributed by atoms with Crippen LogP contribution >= 0.6 is 0 Å². The van der Waals surface area contributed by atoms with E-state index in [-0.39, 0.29) is 7.69 Å². The Bertz CT molecular complexity index is 912. The first-order chi connectivity index (χ1) is 11.2. The van der Waals surface area contributed by atoms with Crippen LogP contribution in [0.4, 0.5) is 0 Å². The minimum absolute atomic E-state index is 0.146. The maximum atomic E-state index is 5.68. The molecule has 0 amide bonds. The average molecular weight is 306 g/mol. The molecule has 0 bridgehead atoms. The molecular weight excluding hydrogens is 291 g/mol. The summed E-state index contributed by atoms with van der Waals surface area (Å²) in [6.07, 6.45) is 3.66. The Labute approximate surface area is 133 Å². The van der Waals surface area contributed by atoms with Crippen LogP contribution in [0.5, 0.6) is 11.5 Å². The summed E-state index contributed by atoms with van der Waals surface area (Å²) in [5.74, 6) is 1.51. The summed E-state index contributed by atoms with van der Waals surface area (Å²) in [4.78, 5) is 0. The van der Waals surface area contributed by atoms with Crippen molar-refractivity contribution in [1.29, 1.82) is 0 Å². The van der Waals surface area contributed by atoms with E-state index in [1.54, 1.807) is 0 Å². The molecule has 0 aliphatic rings. The molecule has 0 N–H and O–H groups in total. The lowest BCUT2D eigenvalue weighted by Gasteiger charge is -2.08. The first-order valence-corrected chi connectivity index (χ1v) is 7.30. The molecule has 4 rings (SSSR count). The fourth-order valence-corrected chi connectivity index (χ4v) is 2.59. The molecule has 2 aromatic heterocycles. The van der Waals surface area contributed by atoms with Crippen LogP contribution in [0, 0.1) is 0 Å². The summed E-state index contributed by atoms with van der Waals surface area (Å²) < 4.78 is 15.0.